The number of amides is 1. The van der Waals surface area contributed by atoms with Crippen LogP contribution in [0.3, 0.4) is 0 Å². The van der Waals surface area contributed by atoms with Gasteiger partial charge in [0.05, 0.1) is 7.11 Å². The summed E-state index contributed by atoms with van der Waals surface area (Å²) in [6.45, 7) is 3.20. The summed E-state index contributed by atoms with van der Waals surface area (Å²) in [6, 6.07) is 7.66. The van der Waals surface area contributed by atoms with E-state index < -0.39 is 6.09 Å². The van der Waals surface area contributed by atoms with Gasteiger partial charge in [0.25, 0.3) is 0 Å². The minimum Gasteiger partial charge on any atom is -0.453 e. The van der Waals surface area contributed by atoms with Gasteiger partial charge in [-0.05, 0) is 24.6 Å². The highest BCUT2D eigenvalue weighted by molar-refractivity contribution is 5.85. The number of methoxy groups -OCH3 is 1. The second kappa shape index (κ2) is 10.1. The number of carbonyl (C=O) groups is 1. The van der Waals surface area contributed by atoms with Crippen LogP contribution in [0.5, 0.6) is 0 Å². The maximum atomic E-state index is 11.1. The highest BCUT2D eigenvalue weighted by Gasteiger charge is 2.01. The summed E-state index contributed by atoms with van der Waals surface area (Å²) in [5.74, 6) is 0. The Kier molecular flexibility index (Phi) is 8.27. The summed E-state index contributed by atoms with van der Waals surface area (Å²) in [5.41, 5.74) is 1.76. The molecule has 1 aromatic rings. The Morgan fingerprint density at radius 3 is 2.55 bits per heavy atom. The lowest BCUT2D eigenvalue weighted by molar-refractivity contribution is 0.187. The van der Waals surface area contributed by atoms with Crippen LogP contribution in [0.25, 0.3) is 0 Å². The van der Waals surface area contributed by atoms with E-state index in [0.29, 0.717) is 0 Å². The molecule has 4 nitrogen and oxygen atoms in total. The van der Waals surface area contributed by atoms with Crippen molar-refractivity contribution in [3.63, 3.8) is 0 Å². The number of hydrogen-bond acceptors (Lipinski definition) is 3. The lowest BCUT2D eigenvalue weighted by atomic mass is 10.1. The highest BCUT2D eigenvalue weighted by atomic mass is 16.5. The van der Waals surface area contributed by atoms with Crippen LogP contribution in [0, 0.1) is 0 Å². The molecular weight excluding hydrogens is 252 g/mol. The van der Waals surface area contributed by atoms with Crippen molar-refractivity contribution in [2.75, 3.05) is 24.3 Å². The summed E-state index contributed by atoms with van der Waals surface area (Å²) < 4.78 is 4.57. The molecule has 0 unspecified atom stereocenters. The topological polar surface area (TPSA) is 50.4 Å². The predicted molar refractivity (Wildman–Crippen MR) is 84.3 cm³/mol. The van der Waals surface area contributed by atoms with Crippen LogP contribution in [0.2, 0.25) is 0 Å². The molecule has 0 aromatic heterocycles. The van der Waals surface area contributed by atoms with Gasteiger partial charge in [0.2, 0.25) is 0 Å². The zero-order valence-corrected chi connectivity index (χ0v) is 12.6. The van der Waals surface area contributed by atoms with Crippen LogP contribution >= 0.6 is 0 Å². The molecule has 4 heteroatoms. The molecule has 0 saturated carbocycles. The zero-order chi connectivity index (χ0) is 14.6. The number of anilines is 2. The fourth-order valence-corrected chi connectivity index (χ4v) is 2.01. The van der Waals surface area contributed by atoms with E-state index in [2.05, 4.69) is 22.3 Å². The fourth-order valence-electron chi connectivity index (χ4n) is 2.01. The van der Waals surface area contributed by atoms with Gasteiger partial charge in [-0.2, -0.15) is 0 Å². The number of hydrogen-bond donors (Lipinski definition) is 2. The van der Waals surface area contributed by atoms with Crippen molar-refractivity contribution in [3.8, 4) is 0 Å². The molecule has 0 saturated heterocycles. The molecule has 0 spiro atoms. The van der Waals surface area contributed by atoms with Crippen LogP contribution in [-0.2, 0) is 4.74 Å². The lowest BCUT2D eigenvalue weighted by Gasteiger charge is -2.09. The quantitative estimate of drug-likeness (QED) is 0.647. The first kappa shape index (κ1) is 16.3. The Morgan fingerprint density at radius 2 is 1.80 bits per heavy atom. The third-order valence-electron chi connectivity index (χ3n) is 3.15. The molecular formula is C16H26N2O2. The van der Waals surface area contributed by atoms with Gasteiger partial charge in [0.15, 0.2) is 0 Å². The molecule has 2 N–H and O–H groups in total. The van der Waals surface area contributed by atoms with Crippen molar-refractivity contribution in [2.45, 2.75) is 45.4 Å². The largest absolute Gasteiger partial charge is 0.453 e. The average molecular weight is 278 g/mol. The number of ether oxygens (including phenoxy) is 1. The monoisotopic (exact) mass is 278 g/mol. The third-order valence-corrected chi connectivity index (χ3v) is 3.15. The summed E-state index contributed by atoms with van der Waals surface area (Å²) in [4.78, 5) is 11.1. The van der Waals surface area contributed by atoms with Gasteiger partial charge in [0, 0.05) is 17.9 Å². The maximum Gasteiger partial charge on any atom is 0.411 e. The van der Waals surface area contributed by atoms with Crippen molar-refractivity contribution in [2.24, 2.45) is 0 Å². The van der Waals surface area contributed by atoms with Crippen molar-refractivity contribution < 1.29 is 9.53 Å². The second-order valence-corrected chi connectivity index (χ2v) is 4.89. The number of unbranched alkanes of at least 4 members (excludes halogenated alkanes) is 5. The molecule has 0 aliphatic carbocycles. The molecule has 0 aliphatic heterocycles. The Bertz CT molecular complexity index is 394. The van der Waals surface area contributed by atoms with Crippen molar-refractivity contribution in [3.05, 3.63) is 24.3 Å². The first-order chi connectivity index (χ1) is 9.76. The standard InChI is InChI=1S/C16H26N2O2/c1-3-4-5-6-7-8-12-17-14-10-9-11-15(13-14)18-16(19)20-2/h9-11,13,17H,3-8,12H2,1-2H3,(H,18,19). The Labute approximate surface area is 121 Å². The smallest absolute Gasteiger partial charge is 0.411 e. The first-order valence-corrected chi connectivity index (χ1v) is 7.45. The van der Waals surface area contributed by atoms with E-state index in [-0.39, 0.29) is 0 Å². The minimum atomic E-state index is -0.446. The highest BCUT2D eigenvalue weighted by Crippen LogP contribution is 2.15. The van der Waals surface area contributed by atoms with Crippen LogP contribution in [0.1, 0.15) is 45.4 Å². The molecule has 1 rings (SSSR count). The van der Waals surface area contributed by atoms with E-state index in [4.69, 9.17) is 0 Å². The summed E-state index contributed by atoms with van der Waals surface area (Å²) in [5, 5.41) is 6.03. The normalized spacial score (nSPS) is 10.1. The molecule has 1 aromatic carbocycles. The number of nitrogens with one attached hydrogen (secondary N) is 2. The summed E-state index contributed by atoms with van der Waals surface area (Å²) in [6.07, 6.45) is 7.30. The van der Waals surface area contributed by atoms with Gasteiger partial charge in [0.1, 0.15) is 0 Å². The molecule has 0 atom stereocenters. The molecule has 0 bridgehead atoms. The van der Waals surface area contributed by atoms with Gasteiger partial charge in [-0.15, -0.1) is 0 Å². The number of rotatable bonds is 9. The van der Waals surface area contributed by atoms with Gasteiger partial charge in [-0.1, -0.05) is 45.1 Å². The summed E-state index contributed by atoms with van der Waals surface area (Å²) in [7, 11) is 1.36. The summed E-state index contributed by atoms with van der Waals surface area (Å²) >= 11 is 0. The SMILES string of the molecule is CCCCCCCCNc1cccc(NC(=O)OC)c1. The fraction of sp³-hybridized carbons (Fsp3) is 0.562. The van der Waals surface area contributed by atoms with E-state index in [1.54, 1.807) is 0 Å². The lowest BCUT2D eigenvalue weighted by Crippen LogP contribution is -2.11. The van der Waals surface area contributed by atoms with Gasteiger partial charge in [-0.3, -0.25) is 5.32 Å². The Morgan fingerprint density at radius 1 is 1.10 bits per heavy atom. The maximum absolute atomic E-state index is 11.1. The van der Waals surface area contributed by atoms with E-state index in [0.717, 1.165) is 17.9 Å². The molecule has 1 amide bonds. The predicted octanol–water partition coefficient (Wildman–Crippen LogP) is 4.64. The van der Waals surface area contributed by atoms with E-state index >= 15 is 0 Å². The van der Waals surface area contributed by atoms with Gasteiger partial charge in [-0.25, -0.2) is 4.79 Å². The molecule has 112 valence electrons. The van der Waals surface area contributed by atoms with Crippen molar-refractivity contribution >= 4 is 17.5 Å². The van der Waals surface area contributed by atoms with E-state index in [1.165, 1.54) is 45.6 Å². The first-order valence-electron chi connectivity index (χ1n) is 7.45. The minimum absolute atomic E-state index is 0.446. The molecule has 0 radical (unpaired) electrons. The zero-order valence-electron chi connectivity index (χ0n) is 12.6. The van der Waals surface area contributed by atoms with Crippen LogP contribution in [0.4, 0.5) is 16.2 Å². The third kappa shape index (κ3) is 7.02. The second-order valence-electron chi connectivity index (χ2n) is 4.89. The van der Waals surface area contributed by atoms with E-state index in [9.17, 15) is 4.79 Å². The van der Waals surface area contributed by atoms with Crippen LogP contribution in [0.15, 0.2) is 24.3 Å². The molecule has 0 heterocycles. The number of benzene rings is 1. The van der Waals surface area contributed by atoms with Crippen LogP contribution in [-0.4, -0.2) is 19.7 Å². The van der Waals surface area contributed by atoms with E-state index in [1.807, 2.05) is 24.3 Å². The number of carbonyl (C=O) groups excluding carboxylic acids is 1. The van der Waals surface area contributed by atoms with Crippen LogP contribution < -0.4 is 10.6 Å². The molecule has 0 aliphatic rings. The van der Waals surface area contributed by atoms with Gasteiger partial charge < -0.3 is 10.1 Å². The molecule has 20 heavy (non-hydrogen) atoms. The van der Waals surface area contributed by atoms with Gasteiger partial charge >= 0.3 is 6.09 Å². The van der Waals surface area contributed by atoms with Crippen molar-refractivity contribution in [1.82, 2.24) is 0 Å². The Balaban J connectivity index is 2.23. The van der Waals surface area contributed by atoms with Crippen molar-refractivity contribution in [1.29, 1.82) is 0 Å². The molecule has 0 fully saturated rings. The Hall–Kier alpha value is -1.71. The average Bonchev–Trinajstić information content (AvgIpc) is 2.46.